The Morgan fingerprint density at radius 2 is 2.03 bits per heavy atom. The van der Waals surface area contributed by atoms with Crippen LogP contribution in [0.4, 0.5) is 5.69 Å². The smallest absolute Gasteiger partial charge is 0.251 e. The van der Waals surface area contributed by atoms with Gasteiger partial charge in [-0.15, -0.1) is 0 Å². The van der Waals surface area contributed by atoms with Crippen LogP contribution in [0, 0.1) is 6.92 Å². The molecule has 2 aromatic rings. The van der Waals surface area contributed by atoms with E-state index < -0.39 is 6.17 Å². The molecule has 0 aromatic heterocycles. The minimum Gasteiger partial charge on any atom is -0.379 e. The molecule has 7 nitrogen and oxygen atoms in total. The molecule has 1 saturated heterocycles. The molecule has 2 aromatic carbocycles. The lowest BCUT2D eigenvalue weighted by atomic mass is 10.1. The summed E-state index contributed by atoms with van der Waals surface area (Å²) in [6, 6.07) is 14.6. The zero-order valence-corrected chi connectivity index (χ0v) is 19.0. The summed E-state index contributed by atoms with van der Waals surface area (Å²) in [4.78, 5) is 14.9. The monoisotopic (exact) mass is 445 g/mol. The molecule has 2 aliphatic heterocycles. The van der Waals surface area contributed by atoms with Crippen LogP contribution >= 0.6 is 0 Å². The molecular formula is C26H31N5O2. The van der Waals surface area contributed by atoms with Gasteiger partial charge in [0.1, 0.15) is 6.17 Å². The van der Waals surface area contributed by atoms with Crippen LogP contribution in [0.25, 0.3) is 6.08 Å². The molecule has 33 heavy (non-hydrogen) atoms. The SMILES string of the molecule is Cc1ccc(C(=O)NC2CC2)cc1N1N=CC(=Cc2cccc(CN3CCOCC3)c2)C1N. The Kier molecular flexibility index (Phi) is 6.26. The predicted molar refractivity (Wildman–Crippen MR) is 131 cm³/mol. The Bertz CT molecular complexity index is 1090. The van der Waals surface area contributed by atoms with Crippen molar-refractivity contribution >= 4 is 23.9 Å². The number of ether oxygens (including phenoxy) is 1. The van der Waals surface area contributed by atoms with Crippen LogP contribution in [-0.2, 0) is 11.3 Å². The van der Waals surface area contributed by atoms with E-state index >= 15 is 0 Å². The number of hydrazone groups is 1. The lowest BCUT2D eigenvalue weighted by Gasteiger charge is -2.26. The van der Waals surface area contributed by atoms with Gasteiger partial charge in [0, 0.05) is 36.8 Å². The molecule has 1 unspecified atom stereocenters. The summed E-state index contributed by atoms with van der Waals surface area (Å²) < 4.78 is 5.45. The molecule has 0 bridgehead atoms. The molecule has 0 radical (unpaired) electrons. The van der Waals surface area contributed by atoms with E-state index in [0.717, 1.165) is 68.1 Å². The molecule has 0 spiro atoms. The van der Waals surface area contributed by atoms with E-state index in [0.29, 0.717) is 11.6 Å². The highest BCUT2D eigenvalue weighted by atomic mass is 16.5. The molecule has 172 valence electrons. The van der Waals surface area contributed by atoms with Crippen LogP contribution in [0.3, 0.4) is 0 Å². The second-order valence-electron chi connectivity index (χ2n) is 9.06. The van der Waals surface area contributed by atoms with Gasteiger partial charge in [0.2, 0.25) is 0 Å². The maximum absolute atomic E-state index is 12.5. The number of nitrogens with one attached hydrogen (secondary N) is 1. The van der Waals surface area contributed by atoms with Gasteiger partial charge in [0.05, 0.1) is 25.1 Å². The highest BCUT2D eigenvalue weighted by Crippen LogP contribution is 2.29. The Balaban J connectivity index is 1.31. The minimum atomic E-state index is -0.409. The van der Waals surface area contributed by atoms with Crippen molar-refractivity contribution in [3.05, 3.63) is 70.3 Å². The van der Waals surface area contributed by atoms with Crippen molar-refractivity contribution in [3.63, 3.8) is 0 Å². The molecule has 1 amide bonds. The Hall–Kier alpha value is -3.00. The van der Waals surface area contributed by atoms with Crippen molar-refractivity contribution in [2.24, 2.45) is 10.8 Å². The van der Waals surface area contributed by atoms with Crippen molar-refractivity contribution in [1.82, 2.24) is 10.2 Å². The summed E-state index contributed by atoms with van der Waals surface area (Å²) in [5.41, 5.74) is 12.4. The number of rotatable bonds is 6. The molecule has 1 saturated carbocycles. The van der Waals surface area contributed by atoms with E-state index in [2.05, 4.69) is 45.7 Å². The number of carbonyl (C=O) groups is 1. The molecule has 2 heterocycles. The molecule has 3 aliphatic rings. The summed E-state index contributed by atoms with van der Waals surface area (Å²) in [5, 5.41) is 9.42. The zero-order chi connectivity index (χ0) is 22.8. The van der Waals surface area contributed by atoms with Crippen LogP contribution in [0.2, 0.25) is 0 Å². The van der Waals surface area contributed by atoms with E-state index in [9.17, 15) is 4.79 Å². The molecule has 1 atom stereocenters. The normalized spacial score (nSPS) is 22.2. The maximum atomic E-state index is 12.5. The number of nitrogens with zero attached hydrogens (tertiary/aromatic N) is 3. The Morgan fingerprint density at radius 1 is 1.21 bits per heavy atom. The van der Waals surface area contributed by atoms with Crippen LogP contribution in [0.1, 0.15) is 39.9 Å². The summed E-state index contributed by atoms with van der Waals surface area (Å²) >= 11 is 0. The van der Waals surface area contributed by atoms with Crippen molar-refractivity contribution < 1.29 is 9.53 Å². The number of carbonyl (C=O) groups excluding carboxylic acids is 1. The molecule has 2 fully saturated rings. The number of morpholine rings is 1. The van der Waals surface area contributed by atoms with E-state index in [1.54, 1.807) is 5.01 Å². The van der Waals surface area contributed by atoms with E-state index in [4.69, 9.17) is 10.5 Å². The van der Waals surface area contributed by atoms with Crippen LogP contribution in [0.5, 0.6) is 0 Å². The van der Waals surface area contributed by atoms with Gasteiger partial charge in [-0.2, -0.15) is 5.10 Å². The van der Waals surface area contributed by atoms with E-state index in [1.807, 2.05) is 31.3 Å². The lowest BCUT2D eigenvalue weighted by molar-refractivity contribution is 0.0342. The fourth-order valence-electron chi connectivity index (χ4n) is 4.24. The summed E-state index contributed by atoms with van der Waals surface area (Å²) in [7, 11) is 0. The first-order valence-corrected chi connectivity index (χ1v) is 11.7. The fourth-order valence-corrected chi connectivity index (χ4v) is 4.24. The average Bonchev–Trinajstić information content (AvgIpc) is 3.57. The summed E-state index contributed by atoms with van der Waals surface area (Å²) in [5.74, 6) is -0.0386. The Morgan fingerprint density at radius 3 is 2.82 bits per heavy atom. The third-order valence-electron chi connectivity index (χ3n) is 6.36. The van der Waals surface area contributed by atoms with Crippen molar-refractivity contribution in [2.75, 3.05) is 31.3 Å². The topological polar surface area (TPSA) is 83.2 Å². The third kappa shape index (κ3) is 5.16. The average molecular weight is 446 g/mol. The fraction of sp³-hybridized carbons (Fsp3) is 0.385. The van der Waals surface area contributed by atoms with Crippen molar-refractivity contribution in [1.29, 1.82) is 0 Å². The predicted octanol–water partition coefficient (Wildman–Crippen LogP) is 2.89. The second-order valence-corrected chi connectivity index (χ2v) is 9.06. The van der Waals surface area contributed by atoms with Crippen molar-refractivity contribution in [2.45, 2.75) is 38.5 Å². The standard InChI is InChI=1S/C26H31N5O2/c1-18-5-6-21(26(32)29-23-7-8-23)15-24(18)31-25(27)22(16-28-31)14-19-3-2-4-20(13-19)17-30-9-11-33-12-10-30/h2-6,13-16,23,25H,7-12,17,27H2,1H3,(H,29,32). The highest BCUT2D eigenvalue weighted by molar-refractivity contribution is 5.96. The number of amides is 1. The highest BCUT2D eigenvalue weighted by Gasteiger charge is 2.27. The minimum absolute atomic E-state index is 0.0386. The lowest BCUT2D eigenvalue weighted by Crippen LogP contribution is -2.36. The largest absolute Gasteiger partial charge is 0.379 e. The van der Waals surface area contributed by atoms with Gasteiger partial charge in [0.25, 0.3) is 5.91 Å². The van der Waals surface area contributed by atoms with Gasteiger partial charge in [0.15, 0.2) is 0 Å². The number of anilines is 1. The van der Waals surface area contributed by atoms with E-state index in [-0.39, 0.29) is 5.91 Å². The molecular weight excluding hydrogens is 414 g/mol. The molecule has 5 rings (SSSR count). The molecule has 3 N–H and O–H groups in total. The number of benzene rings is 2. The van der Waals surface area contributed by atoms with E-state index in [1.165, 1.54) is 5.56 Å². The van der Waals surface area contributed by atoms with Crippen LogP contribution in [-0.4, -0.2) is 55.5 Å². The summed E-state index contributed by atoms with van der Waals surface area (Å²) in [6.45, 7) is 6.46. The third-order valence-corrected chi connectivity index (χ3v) is 6.36. The first-order valence-electron chi connectivity index (χ1n) is 11.7. The van der Waals surface area contributed by atoms with Gasteiger partial charge >= 0.3 is 0 Å². The Labute approximate surface area is 194 Å². The molecule has 1 aliphatic carbocycles. The van der Waals surface area contributed by atoms with Crippen LogP contribution < -0.4 is 16.1 Å². The second kappa shape index (κ2) is 9.47. The zero-order valence-electron chi connectivity index (χ0n) is 19.0. The van der Waals surface area contributed by atoms with Gasteiger partial charge in [-0.3, -0.25) is 9.69 Å². The molecule has 7 heteroatoms. The van der Waals surface area contributed by atoms with Crippen molar-refractivity contribution in [3.8, 4) is 0 Å². The maximum Gasteiger partial charge on any atom is 0.251 e. The summed E-state index contributed by atoms with van der Waals surface area (Å²) in [6.07, 6.45) is 5.63. The van der Waals surface area contributed by atoms with Gasteiger partial charge in [-0.05, 0) is 54.7 Å². The van der Waals surface area contributed by atoms with Gasteiger partial charge in [-0.1, -0.05) is 30.3 Å². The first-order chi connectivity index (χ1) is 16.1. The number of aryl methyl sites for hydroxylation is 1. The van der Waals surface area contributed by atoms with Gasteiger partial charge in [-0.25, -0.2) is 5.01 Å². The quantitative estimate of drug-likeness (QED) is 0.714. The number of hydrogen-bond acceptors (Lipinski definition) is 6. The number of nitrogens with two attached hydrogens (primary N) is 1. The first kappa shape index (κ1) is 21.8. The number of hydrogen-bond donors (Lipinski definition) is 2. The van der Waals surface area contributed by atoms with Gasteiger partial charge < -0.3 is 15.8 Å². The van der Waals surface area contributed by atoms with Crippen LogP contribution in [0.15, 0.2) is 53.1 Å².